The number of thioether (sulfide) groups is 1. The molecule has 6 heteroatoms. The molecule has 4 aromatic rings. The van der Waals surface area contributed by atoms with Crippen molar-refractivity contribution < 1.29 is 4.42 Å². The predicted octanol–water partition coefficient (Wildman–Crippen LogP) is 5.21. The standard InChI is InChI=1S/C19H16N2O2S2/c1-12(2)25-19-20-17-16(14(11-24-17)15-9-6-10-23-15)18(22)21(19)13-7-4-3-5-8-13/h3-12H,1-2H3. The first-order chi connectivity index (χ1) is 12.1. The van der Waals surface area contributed by atoms with E-state index in [2.05, 4.69) is 13.8 Å². The summed E-state index contributed by atoms with van der Waals surface area (Å²) in [6, 6.07) is 13.3. The molecule has 1 aromatic carbocycles. The Kier molecular flexibility index (Phi) is 4.23. The van der Waals surface area contributed by atoms with E-state index in [1.807, 2.05) is 47.8 Å². The van der Waals surface area contributed by atoms with E-state index in [0.717, 1.165) is 16.1 Å². The summed E-state index contributed by atoms with van der Waals surface area (Å²) in [4.78, 5) is 18.9. The van der Waals surface area contributed by atoms with Crippen LogP contribution >= 0.6 is 23.1 Å². The van der Waals surface area contributed by atoms with Gasteiger partial charge in [0.1, 0.15) is 10.6 Å². The number of aromatic nitrogens is 2. The van der Waals surface area contributed by atoms with Crippen LogP contribution in [-0.2, 0) is 0 Å². The number of nitrogens with zero attached hydrogens (tertiary/aromatic N) is 2. The highest BCUT2D eigenvalue weighted by Crippen LogP contribution is 2.33. The smallest absolute Gasteiger partial charge is 0.268 e. The Morgan fingerprint density at radius 3 is 2.64 bits per heavy atom. The Bertz CT molecular complexity index is 1060. The summed E-state index contributed by atoms with van der Waals surface area (Å²) in [6.45, 7) is 4.19. The van der Waals surface area contributed by atoms with Gasteiger partial charge >= 0.3 is 0 Å². The maximum atomic E-state index is 13.4. The zero-order valence-electron chi connectivity index (χ0n) is 13.8. The second-order valence-corrected chi connectivity index (χ2v) is 8.25. The van der Waals surface area contributed by atoms with Crippen LogP contribution in [0.3, 0.4) is 0 Å². The van der Waals surface area contributed by atoms with Gasteiger partial charge in [-0.05, 0) is 24.3 Å². The summed E-state index contributed by atoms with van der Waals surface area (Å²) in [5.41, 5.74) is 1.56. The molecule has 0 radical (unpaired) electrons. The first-order valence-corrected chi connectivity index (χ1v) is 9.71. The van der Waals surface area contributed by atoms with Gasteiger partial charge in [-0.3, -0.25) is 9.36 Å². The van der Waals surface area contributed by atoms with Crippen LogP contribution in [0.15, 0.2) is 68.5 Å². The molecule has 0 N–H and O–H groups in total. The molecule has 0 spiro atoms. The number of hydrogen-bond acceptors (Lipinski definition) is 5. The lowest BCUT2D eigenvalue weighted by Gasteiger charge is -2.13. The van der Waals surface area contributed by atoms with Crippen LogP contribution in [0.4, 0.5) is 0 Å². The highest BCUT2D eigenvalue weighted by Gasteiger charge is 2.20. The van der Waals surface area contributed by atoms with E-state index in [0.29, 0.717) is 21.6 Å². The maximum Gasteiger partial charge on any atom is 0.268 e. The molecule has 4 nitrogen and oxygen atoms in total. The third kappa shape index (κ3) is 2.92. The van der Waals surface area contributed by atoms with Crippen molar-refractivity contribution in [2.75, 3.05) is 0 Å². The van der Waals surface area contributed by atoms with Gasteiger partial charge < -0.3 is 4.42 Å². The summed E-state index contributed by atoms with van der Waals surface area (Å²) >= 11 is 3.06. The van der Waals surface area contributed by atoms with Crippen LogP contribution < -0.4 is 5.56 Å². The molecule has 4 rings (SSSR count). The van der Waals surface area contributed by atoms with E-state index in [-0.39, 0.29) is 5.56 Å². The molecule has 0 saturated carbocycles. The normalized spacial score (nSPS) is 11.5. The minimum Gasteiger partial charge on any atom is -0.464 e. The van der Waals surface area contributed by atoms with Crippen molar-refractivity contribution in [3.63, 3.8) is 0 Å². The van der Waals surface area contributed by atoms with E-state index in [9.17, 15) is 4.79 Å². The number of benzene rings is 1. The molecule has 3 heterocycles. The minimum absolute atomic E-state index is 0.0630. The lowest BCUT2D eigenvalue weighted by molar-refractivity contribution is 0.583. The van der Waals surface area contributed by atoms with Gasteiger partial charge in [-0.25, -0.2) is 4.98 Å². The van der Waals surface area contributed by atoms with Crippen LogP contribution in [-0.4, -0.2) is 14.8 Å². The summed E-state index contributed by atoms with van der Waals surface area (Å²) in [7, 11) is 0. The van der Waals surface area contributed by atoms with E-state index in [1.165, 1.54) is 11.3 Å². The molecule has 0 atom stereocenters. The molecular formula is C19H16N2O2S2. The lowest BCUT2D eigenvalue weighted by atomic mass is 10.2. The van der Waals surface area contributed by atoms with Crippen LogP contribution in [0.5, 0.6) is 0 Å². The highest BCUT2D eigenvalue weighted by molar-refractivity contribution is 7.99. The molecule has 0 fully saturated rings. The van der Waals surface area contributed by atoms with Crippen molar-refractivity contribution in [2.45, 2.75) is 24.3 Å². The van der Waals surface area contributed by atoms with Crippen molar-refractivity contribution in [3.8, 4) is 17.0 Å². The van der Waals surface area contributed by atoms with Crippen molar-refractivity contribution in [1.29, 1.82) is 0 Å². The van der Waals surface area contributed by atoms with E-state index >= 15 is 0 Å². The molecule has 0 aliphatic heterocycles. The van der Waals surface area contributed by atoms with E-state index < -0.39 is 0 Å². The average Bonchev–Trinajstić information content (AvgIpc) is 3.24. The lowest BCUT2D eigenvalue weighted by Crippen LogP contribution is -2.22. The number of thiophene rings is 1. The molecule has 0 saturated heterocycles. The number of rotatable bonds is 4. The van der Waals surface area contributed by atoms with Crippen LogP contribution in [0.2, 0.25) is 0 Å². The molecular weight excluding hydrogens is 352 g/mol. The van der Waals surface area contributed by atoms with Gasteiger partial charge in [0.05, 0.1) is 17.3 Å². The zero-order chi connectivity index (χ0) is 17.4. The second kappa shape index (κ2) is 6.54. The summed E-state index contributed by atoms with van der Waals surface area (Å²) in [6.07, 6.45) is 1.62. The number of fused-ring (bicyclic) bond motifs is 1. The quantitative estimate of drug-likeness (QED) is 0.366. The number of hydrogen-bond donors (Lipinski definition) is 0. The third-order valence-corrected chi connectivity index (χ3v) is 5.55. The van der Waals surface area contributed by atoms with Crippen molar-refractivity contribution in [3.05, 3.63) is 64.5 Å². The van der Waals surface area contributed by atoms with Crippen molar-refractivity contribution in [1.82, 2.24) is 9.55 Å². The number of furan rings is 1. The second-order valence-electron chi connectivity index (χ2n) is 5.84. The maximum absolute atomic E-state index is 13.4. The summed E-state index contributed by atoms with van der Waals surface area (Å²) in [5, 5.41) is 3.59. The predicted molar refractivity (Wildman–Crippen MR) is 104 cm³/mol. The van der Waals surface area contributed by atoms with E-state index in [4.69, 9.17) is 9.40 Å². The van der Waals surface area contributed by atoms with Crippen LogP contribution in [0.1, 0.15) is 13.8 Å². The van der Waals surface area contributed by atoms with Crippen molar-refractivity contribution in [2.24, 2.45) is 0 Å². The third-order valence-electron chi connectivity index (χ3n) is 3.72. The Labute approximate surface area is 153 Å². The monoisotopic (exact) mass is 368 g/mol. The van der Waals surface area contributed by atoms with Gasteiger partial charge in [0, 0.05) is 16.2 Å². The fourth-order valence-electron chi connectivity index (χ4n) is 2.68. The van der Waals surface area contributed by atoms with Gasteiger partial charge in [-0.2, -0.15) is 0 Å². The summed E-state index contributed by atoms with van der Waals surface area (Å²) in [5.74, 6) is 0.689. The van der Waals surface area contributed by atoms with Gasteiger partial charge in [0.25, 0.3) is 5.56 Å². The fourth-order valence-corrected chi connectivity index (χ4v) is 4.51. The van der Waals surface area contributed by atoms with Crippen molar-refractivity contribution >= 4 is 33.3 Å². The van der Waals surface area contributed by atoms with Gasteiger partial charge in [-0.1, -0.05) is 43.8 Å². The Hall–Kier alpha value is -2.31. The van der Waals surface area contributed by atoms with E-state index in [1.54, 1.807) is 22.6 Å². The molecule has 25 heavy (non-hydrogen) atoms. The summed E-state index contributed by atoms with van der Waals surface area (Å²) < 4.78 is 7.21. The fraction of sp³-hybridized carbons (Fsp3) is 0.158. The van der Waals surface area contributed by atoms with Gasteiger partial charge in [-0.15, -0.1) is 11.3 Å². The molecule has 0 bridgehead atoms. The van der Waals surface area contributed by atoms with Gasteiger partial charge in [0.2, 0.25) is 0 Å². The van der Waals surface area contributed by atoms with Crippen LogP contribution in [0.25, 0.3) is 27.2 Å². The molecule has 0 unspecified atom stereocenters. The first-order valence-electron chi connectivity index (χ1n) is 7.95. The van der Waals surface area contributed by atoms with Gasteiger partial charge in [0.15, 0.2) is 5.16 Å². The SMILES string of the molecule is CC(C)Sc1nc2scc(-c3ccco3)c2c(=O)n1-c1ccccc1. The molecule has 3 aromatic heterocycles. The first kappa shape index (κ1) is 16.2. The topological polar surface area (TPSA) is 48.0 Å². The molecule has 0 amide bonds. The highest BCUT2D eigenvalue weighted by atomic mass is 32.2. The average molecular weight is 368 g/mol. The largest absolute Gasteiger partial charge is 0.464 e. The van der Waals surface area contributed by atoms with Crippen LogP contribution in [0, 0.1) is 0 Å². The minimum atomic E-state index is -0.0630. The number of para-hydroxylation sites is 1. The molecule has 0 aliphatic rings. The molecule has 0 aliphatic carbocycles. The Balaban J connectivity index is 2.04. The molecule has 126 valence electrons. The Morgan fingerprint density at radius 2 is 1.96 bits per heavy atom. The Morgan fingerprint density at radius 1 is 1.16 bits per heavy atom. The zero-order valence-corrected chi connectivity index (χ0v) is 15.4.